The molecule has 2 atom stereocenters. The van der Waals surface area contributed by atoms with Crippen LogP contribution in [-0.2, 0) is 6.54 Å². The summed E-state index contributed by atoms with van der Waals surface area (Å²) in [4.78, 5) is 7.47. The van der Waals surface area contributed by atoms with E-state index in [2.05, 4.69) is 52.7 Å². The van der Waals surface area contributed by atoms with Gasteiger partial charge in [0, 0.05) is 37.3 Å². The summed E-state index contributed by atoms with van der Waals surface area (Å²) >= 11 is 0. The largest absolute Gasteiger partial charge is 0.441 e. The Labute approximate surface area is 160 Å². The molecule has 5 heteroatoms. The molecule has 1 N–H and O–H groups in total. The number of hydrogen-bond acceptors (Lipinski definition) is 4. The van der Waals surface area contributed by atoms with Crippen molar-refractivity contribution in [1.82, 2.24) is 15.2 Å². The molecule has 0 spiro atoms. The van der Waals surface area contributed by atoms with Crippen molar-refractivity contribution in [2.24, 2.45) is 0 Å². The van der Waals surface area contributed by atoms with Crippen molar-refractivity contribution in [2.75, 3.05) is 13.1 Å². The van der Waals surface area contributed by atoms with E-state index < -0.39 is 0 Å². The maximum atomic E-state index is 6.03. The fourth-order valence-corrected chi connectivity index (χ4v) is 4.32. The number of piperazine rings is 1. The van der Waals surface area contributed by atoms with Gasteiger partial charge >= 0.3 is 0 Å². The molecule has 5 rings (SSSR count). The molecule has 0 aliphatic carbocycles. The Hall–Kier alpha value is -1.88. The molecule has 1 aromatic heterocycles. The Kier molecular flexibility index (Phi) is 4.74. The predicted molar refractivity (Wildman–Crippen MR) is 107 cm³/mol. The van der Waals surface area contributed by atoms with Gasteiger partial charge in [-0.25, -0.2) is 4.98 Å². The van der Waals surface area contributed by atoms with Crippen molar-refractivity contribution in [3.05, 3.63) is 53.9 Å². The van der Waals surface area contributed by atoms with Gasteiger partial charge in [0.1, 0.15) is 5.76 Å². The second-order valence-corrected chi connectivity index (χ2v) is 7.30. The molecule has 0 unspecified atom stereocenters. The summed E-state index contributed by atoms with van der Waals surface area (Å²) in [6, 6.07) is 16.1. The Bertz CT molecular complexity index is 907. The molecule has 2 saturated heterocycles. The molecule has 3 heterocycles. The summed E-state index contributed by atoms with van der Waals surface area (Å²) < 4.78 is 6.03. The topological polar surface area (TPSA) is 41.3 Å². The van der Waals surface area contributed by atoms with Crippen LogP contribution in [0.3, 0.4) is 0 Å². The van der Waals surface area contributed by atoms with Crippen LogP contribution in [0.5, 0.6) is 0 Å². The fourth-order valence-electron chi connectivity index (χ4n) is 4.32. The Balaban J connectivity index is 0.00000168. The first-order valence-corrected chi connectivity index (χ1v) is 9.20. The molecule has 2 bridgehead atoms. The minimum absolute atomic E-state index is 0. The molecule has 3 aromatic rings. The number of benzene rings is 2. The third kappa shape index (κ3) is 3.02. The van der Waals surface area contributed by atoms with E-state index in [9.17, 15) is 0 Å². The van der Waals surface area contributed by atoms with Crippen molar-refractivity contribution >= 4 is 23.2 Å². The quantitative estimate of drug-likeness (QED) is 0.752. The summed E-state index contributed by atoms with van der Waals surface area (Å²) in [6.07, 6.45) is 2.60. The Morgan fingerprint density at radius 2 is 1.81 bits per heavy atom. The lowest BCUT2D eigenvalue weighted by Gasteiger charge is -2.34. The number of oxazole rings is 1. The second-order valence-electron chi connectivity index (χ2n) is 7.30. The summed E-state index contributed by atoms with van der Waals surface area (Å²) in [7, 11) is 0. The molecule has 2 aliphatic rings. The number of nitrogens with zero attached hydrogens (tertiary/aromatic N) is 2. The average molecular weight is 370 g/mol. The van der Waals surface area contributed by atoms with E-state index in [0.29, 0.717) is 12.1 Å². The first-order chi connectivity index (χ1) is 12.3. The smallest absolute Gasteiger partial charge is 0.226 e. The normalized spacial score (nSPS) is 22.5. The summed E-state index contributed by atoms with van der Waals surface area (Å²) in [5.41, 5.74) is 2.14. The molecule has 0 amide bonds. The van der Waals surface area contributed by atoms with Crippen LogP contribution < -0.4 is 5.32 Å². The molecule has 2 aromatic carbocycles. The zero-order valence-electron chi connectivity index (χ0n) is 14.9. The van der Waals surface area contributed by atoms with Crippen LogP contribution in [0.4, 0.5) is 0 Å². The lowest BCUT2D eigenvalue weighted by molar-refractivity contribution is 0.143. The zero-order valence-corrected chi connectivity index (χ0v) is 15.8. The maximum Gasteiger partial charge on any atom is 0.226 e. The van der Waals surface area contributed by atoms with Gasteiger partial charge < -0.3 is 9.73 Å². The minimum atomic E-state index is 0. The number of rotatable bonds is 3. The summed E-state index contributed by atoms with van der Waals surface area (Å²) in [5.74, 6) is 1.68. The number of fused-ring (bicyclic) bond motifs is 3. The minimum Gasteiger partial charge on any atom is -0.441 e. The van der Waals surface area contributed by atoms with Gasteiger partial charge in [0.25, 0.3) is 0 Å². The molecule has 136 valence electrons. The first kappa shape index (κ1) is 17.5. The van der Waals surface area contributed by atoms with E-state index >= 15 is 0 Å². The molecule has 2 fully saturated rings. The van der Waals surface area contributed by atoms with Crippen molar-refractivity contribution in [1.29, 1.82) is 0 Å². The monoisotopic (exact) mass is 369 g/mol. The number of aromatic nitrogens is 1. The molecule has 2 aliphatic heterocycles. The van der Waals surface area contributed by atoms with Crippen LogP contribution in [0.2, 0.25) is 0 Å². The summed E-state index contributed by atoms with van der Waals surface area (Å²) in [6.45, 7) is 5.15. The van der Waals surface area contributed by atoms with E-state index in [1.54, 1.807) is 0 Å². The van der Waals surface area contributed by atoms with Gasteiger partial charge in [0.2, 0.25) is 5.89 Å². The standard InChI is InChI=1S/C21H23N3O.ClH/c1-14-20(13-24-18-8-9-19(24)12-22-11-18)23-21(25-14)17-7-6-15-4-2-3-5-16(15)10-17;/h2-7,10,18-19,22H,8-9,11-13H2,1H3;1H/t18-,19+;. The molecule has 0 saturated carbocycles. The molecule has 26 heavy (non-hydrogen) atoms. The molecular weight excluding hydrogens is 346 g/mol. The highest BCUT2D eigenvalue weighted by molar-refractivity contribution is 5.86. The van der Waals surface area contributed by atoms with Crippen molar-refractivity contribution < 1.29 is 4.42 Å². The van der Waals surface area contributed by atoms with Crippen molar-refractivity contribution in [2.45, 2.75) is 38.4 Å². The third-order valence-corrected chi connectivity index (χ3v) is 5.75. The van der Waals surface area contributed by atoms with E-state index in [1.165, 1.54) is 23.6 Å². The summed E-state index contributed by atoms with van der Waals surface area (Å²) in [5, 5.41) is 6.00. The van der Waals surface area contributed by atoms with Gasteiger partial charge in [-0.05, 0) is 42.7 Å². The van der Waals surface area contributed by atoms with Gasteiger partial charge in [-0.1, -0.05) is 30.3 Å². The maximum absolute atomic E-state index is 6.03. The van der Waals surface area contributed by atoms with Gasteiger partial charge in [-0.3, -0.25) is 4.90 Å². The van der Waals surface area contributed by atoms with Crippen LogP contribution in [0.15, 0.2) is 46.9 Å². The third-order valence-electron chi connectivity index (χ3n) is 5.75. The van der Waals surface area contributed by atoms with Crippen LogP contribution in [0, 0.1) is 6.92 Å². The van der Waals surface area contributed by atoms with E-state index in [4.69, 9.17) is 9.40 Å². The van der Waals surface area contributed by atoms with Crippen LogP contribution in [-0.4, -0.2) is 35.1 Å². The number of aryl methyl sites for hydroxylation is 1. The zero-order chi connectivity index (χ0) is 16.8. The van der Waals surface area contributed by atoms with Gasteiger partial charge in [0.15, 0.2) is 0 Å². The van der Waals surface area contributed by atoms with E-state index in [0.717, 1.165) is 42.5 Å². The lowest BCUT2D eigenvalue weighted by Crippen LogP contribution is -2.51. The highest BCUT2D eigenvalue weighted by atomic mass is 35.5. The Morgan fingerprint density at radius 3 is 2.58 bits per heavy atom. The number of nitrogens with one attached hydrogen (secondary N) is 1. The molecule has 0 radical (unpaired) electrons. The van der Waals surface area contributed by atoms with Crippen LogP contribution in [0.1, 0.15) is 24.3 Å². The molecular formula is C21H24ClN3O. The number of halogens is 1. The van der Waals surface area contributed by atoms with E-state index in [1.807, 2.05) is 6.92 Å². The predicted octanol–water partition coefficient (Wildman–Crippen LogP) is 4.16. The highest BCUT2D eigenvalue weighted by Gasteiger charge is 2.37. The number of hydrogen-bond donors (Lipinski definition) is 1. The lowest BCUT2D eigenvalue weighted by atomic mass is 10.1. The van der Waals surface area contributed by atoms with Gasteiger partial charge in [-0.15, -0.1) is 12.4 Å². The SMILES string of the molecule is Cc1oc(-c2ccc3ccccc3c2)nc1CN1[C@@H]2CC[C@H]1CNC2.Cl. The van der Waals surface area contributed by atoms with E-state index in [-0.39, 0.29) is 12.4 Å². The van der Waals surface area contributed by atoms with Crippen LogP contribution >= 0.6 is 12.4 Å². The Morgan fingerprint density at radius 1 is 1.08 bits per heavy atom. The highest BCUT2D eigenvalue weighted by Crippen LogP contribution is 2.31. The van der Waals surface area contributed by atoms with Gasteiger partial charge in [-0.2, -0.15) is 0 Å². The van der Waals surface area contributed by atoms with Crippen LogP contribution in [0.25, 0.3) is 22.2 Å². The van der Waals surface area contributed by atoms with Crippen molar-refractivity contribution in [3.8, 4) is 11.5 Å². The average Bonchev–Trinajstić information content (AvgIpc) is 3.09. The molecule has 4 nitrogen and oxygen atoms in total. The second kappa shape index (κ2) is 7.03. The fraction of sp³-hybridized carbons (Fsp3) is 0.381. The van der Waals surface area contributed by atoms with Crippen molar-refractivity contribution in [3.63, 3.8) is 0 Å². The first-order valence-electron chi connectivity index (χ1n) is 9.20. The van der Waals surface area contributed by atoms with Gasteiger partial charge in [0.05, 0.1) is 5.69 Å².